The lowest BCUT2D eigenvalue weighted by Crippen LogP contribution is -2.56. The van der Waals surface area contributed by atoms with Crippen molar-refractivity contribution in [2.45, 2.75) is 13.0 Å². The summed E-state index contributed by atoms with van der Waals surface area (Å²) in [6, 6.07) is 11.2. The molecule has 7 rings (SSSR count). The van der Waals surface area contributed by atoms with E-state index in [1.54, 1.807) is 6.20 Å². The van der Waals surface area contributed by atoms with Gasteiger partial charge in [-0.05, 0) is 36.8 Å². The topological polar surface area (TPSA) is 130 Å². The Morgan fingerprint density at radius 2 is 2.05 bits per heavy atom. The summed E-state index contributed by atoms with van der Waals surface area (Å²) in [5.74, 6) is 3.26. The molecule has 39 heavy (non-hydrogen) atoms. The maximum atomic E-state index is 11.6. The lowest BCUT2D eigenvalue weighted by molar-refractivity contribution is 0.101. The molecule has 196 valence electrons. The van der Waals surface area contributed by atoms with Crippen molar-refractivity contribution < 1.29 is 19.4 Å². The van der Waals surface area contributed by atoms with Gasteiger partial charge in [0, 0.05) is 56.0 Å². The number of hydrogen-bond acceptors (Lipinski definition) is 9. The summed E-state index contributed by atoms with van der Waals surface area (Å²) in [6.45, 7) is 3.69. The number of benzene rings is 1. The molecule has 1 fully saturated rings. The van der Waals surface area contributed by atoms with Gasteiger partial charge in [0.05, 0.1) is 11.6 Å². The van der Waals surface area contributed by atoms with Crippen LogP contribution in [-0.4, -0.2) is 72.7 Å². The number of carbonyl (C=O) groups is 1. The molecule has 2 N–H and O–H groups in total. The number of pyridine rings is 2. The third kappa shape index (κ3) is 4.15. The summed E-state index contributed by atoms with van der Waals surface area (Å²) in [4.78, 5) is 33.2. The van der Waals surface area contributed by atoms with Crippen molar-refractivity contribution in [3.05, 3.63) is 66.9 Å². The zero-order valence-corrected chi connectivity index (χ0v) is 21.0. The van der Waals surface area contributed by atoms with Crippen LogP contribution in [0.4, 0.5) is 22.1 Å². The Hall–Kier alpha value is -5.13. The minimum absolute atomic E-state index is 0.262. The Morgan fingerprint density at radius 3 is 2.92 bits per heavy atom. The standard InChI is InChI=1S/C27H24N8O4/c1-16-10-17(2-3-21(16)39-19-4-6-33-7-5-28-23(33)11-19)31-25-24-20(29-15-30-25)12-22-26(32-24)34-8-9-35(27(36)37)18(13-34)14-38-22/h2-7,10-12,15,18H,8-9,13-14H2,1H3,(H,36,37)(H,29,30,31)/t18-/m0/s1. The molecule has 1 atom stereocenters. The van der Waals surface area contributed by atoms with Gasteiger partial charge >= 0.3 is 6.09 Å². The average Bonchev–Trinajstić information content (AvgIpc) is 3.36. The van der Waals surface area contributed by atoms with Crippen LogP contribution in [0.1, 0.15) is 5.56 Å². The van der Waals surface area contributed by atoms with E-state index in [-0.39, 0.29) is 12.6 Å². The van der Waals surface area contributed by atoms with Crippen LogP contribution in [0, 0.1) is 6.92 Å². The van der Waals surface area contributed by atoms with E-state index in [2.05, 4.69) is 25.2 Å². The summed E-state index contributed by atoms with van der Waals surface area (Å²) in [7, 11) is 0. The number of ether oxygens (including phenoxy) is 2. The van der Waals surface area contributed by atoms with Gasteiger partial charge in [-0.1, -0.05) is 0 Å². The Morgan fingerprint density at radius 1 is 1.13 bits per heavy atom. The van der Waals surface area contributed by atoms with Crippen LogP contribution in [0.15, 0.2) is 61.3 Å². The number of anilines is 3. The van der Waals surface area contributed by atoms with E-state index in [4.69, 9.17) is 14.5 Å². The van der Waals surface area contributed by atoms with Gasteiger partial charge in [-0.25, -0.2) is 24.7 Å². The molecule has 6 heterocycles. The number of amides is 1. The summed E-state index contributed by atoms with van der Waals surface area (Å²) in [5, 5.41) is 12.9. The van der Waals surface area contributed by atoms with Crippen LogP contribution in [0.3, 0.4) is 0 Å². The molecule has 1 aromatic carbocycles. The highest BCUT2D eigenvalue weighted by Crippen LogP contribution is 2.36. The normalized spacial score (nSPS) is 16.5. The molecule has 0 radical (unpaired) electrons. The number of carboxylic acid groups (broad SMARTS) is 1. The monoisotopic (exact) mass is 524 g/mol. The quantitative estimate of drug-likeness (QED) is 0.355. The Balaban J connectivity index is 1.16. The first kappa shape index (κ1) is 23.0. The molecule has 12 heteroatoms. The molecular weight excluding hydrogens is 500 g/mol. The number of hydrogen-bond donors (Lipinski definition) is 2. The molecule has 2 bridgehead atoms. The van der Waals surface area contributed by atoms with Crippen LogP contribution in [0.5, 0.6) is 17.2 Å². The first-order chi connectivity index (χ1) is 19.0. The van der Waals surface area contributed by atoms with E-state index in [0.717, 1.165) is 22.6 Å². The van der Waals surface area contributed by atoms with Crippen LogP contribution in [0.25, 0.3) is 16.7 Å². The molecule has 0 saturated carbocycles. The van der Waals surface area contributed by atoms with Gasteiger partial charge < -0.3 is 29.2 Å². The predicted molar refractivity (Wildman–Crippen MR) is 143 cm³/mol. The van der Waals surface area contributed by atoms with Crippen molar-refractivity contribution in [2.75, 3.05) is 36.5 Å². The van der Waals surface area contributed by atoms with Gasteiger partial charge in [0.1, 0.15) is 35.6 Å². The van der Waals surface area contributed by atoms with Crippen molar-refractivity contribution in [2.24, 2.45) is 0 Å². The molecular formula is C27H24N8O4. The Labute approximate surface area is 222 Å². The van der Waals surface area contributed by atoms with Gasteiger partial charge in [0.2, 0.25) is 0 Å². The minimum atomic E-state index is -0.935. The van der Waals surface area contributed by atoms with Crippen molar-refractivity contribution in [3.63, 3.8) is 0 Å². The number of fused-ring (bicyclic) bond motifs is 6. The SMILES string of the molecule is Cc1cc(Nc2ncnc3cc4c(nc23)N2CCN(C(=O)O)[C@H](CO4)C2)ccc1Oc1ccn2ccnc2c1. The van der Waals surface area contributed by atoms with Crippen LogP contribution >= 0.6 is 0 Å². The molecule has 0 unspecified atom stereocenters. The zero-order chi connectivity index (χ0) is 26.5. The van der Waals surface area contributed by atoms with Crippen LogP contribution < -0.4 is 19.7 Å². The van der Waals surface area contributed by atoms with Crippen molar-refractivity contribution in [3.8, 4) is 17.2 Å². The molecule has 0 spiro atoms. The average molecular weight is 525 g/mol. The van der Waals surface area contributed by atoms with E-state index in [1.165, 1.54) is 11.2 Å². The van der Waals surface area contributed by atoms with E-state index in [1.807, 2.05) is 60.1 Å². The molecule has 5 aromatic rings. The van der Waals surface area contributed by atoms with Crippen molar-refractivity contribution >= 4 is 40.1 Å². The maximum Gasteiger partial charge on any atom is 0.407 e. The number of nitrogens with zero attached hydrogens (tertiary/aromatic N) is 7. The highest BCUT2D eigenvalue weighted by Gasteiger charge is 2.35. The summed E-state index contributed by atoms with van der Waals surface area (Å²) in [6.07, 6.45) is 6.09. The minimum Gasteiger partial charge on any atom is -0.487 e. The third-order valence-electron chi connectivity index (χ3n) is 7.05. The maximum absolute atomic E-state index is 11.6. The van der Waals surface area contributed by atoms with Crippen LogP contribution in [0.2, 0.25) is 0 Å². The number of aryl methyl sites for hydroxylation is 1. The second-order valence-electron chi connectivity index (χ2n) is 9.55. The third-order valence-corrected chi connectivity index (χ3v) is 7.05. The second-order valence-corrected chi connectivity index (χ2v) is 9.55. The van der Waals surface area contributed by atoms with Gasteiger partial charge in [-0.2, -0.15) is 0 Å². The van der Waals surface area contributed by atoms with Gasteiger partial charge in [0.25, 0.3) is 0 Å². The Kier molecular flexibility index (Phi) is 5.32. The highest BCUT2D eigenvalue weighted by atomic mass is 16.5. The van der Waals surface area contributed by atoms with Crippen LogP contribution in [-0.2, 0) is 0 Å². The number of nitrogens with one attached hydrogen (secondary N) is 1. The van der Waals surface area contributed by atoms with Crippen molar-refractivity contribution in [1.29, 1.82) is 0 Å². The fraction of sp³-hybridized carbons (Fsp3) is 0.222. The van der Waals surface area contributed by atoms with E-state index in [0.29, 0.717) is 53.8 Å². The number of imidazole rings is 1. The molecule has 12 nitrogen and oxygen atoms in total. The number of aromatic nitrogens is 5. The summed E-state index contributed by atoms with van der Waals surface area (Å²) < 4.78 is 14.0. The predicted octanol–water partition coefficient (Wildman–Crippen LogP) is 4.08. The van der Waals surface area contributed by atoms with Crippen molar-refractivity contribution in [1.82, 2.24) is 29.2 Å². The molecule has 4 aromatic heterocycles. The fourth-order valence-electron chi connectivity index (χ4n) is 5.07. The van der Waals surface area contributed by atoms with E-state index < -0.39 is 6.09 Å². The van der Waals surface area contributed by atoms with Gasteiger partial charge in [-0.15, -0.1) is 0 Å². The molecule has 0 aliphatic carbocycles. The van der Waals surface area contributed by atoms with Gasteiger partial charge in [0.15, 0.2) is 17.4 Å². The smallest absolute Gasteiger partial charge is 0.407 e. The zero-order valence-electron chi connectivity index (χ0n) is 21.0. The van der Waals surface area contributed by atoms with Gasteiger partial charge in [-0.3, -0.25) is 4.90 Å². The molecule has 2 aliphatic rings. The number of piperazine rings is 1. The second kappa shape index (κ2) is 9.01. The first-order valence-corrected chi connectivity index (χ1v) is 12.5. The largest absolute Gasteiger partial charge is 0.487 e. The lowest BCUT2D eigenvalue weighted by Gasteiger charge is -2.37. The van der Waals surface area contributed by atoms with E-state index >= 15 is 0 Å². The van der Waals surface area contributed by atoms with E-state index in [9.17, 15) is 9.90 Å². The highest BCUT2D eigenvalue weighted by molar-refractivity contribution is 5.90. The molecule has 1 saturated heterocycles. The fourth-order valence-corrected chi connectivity index (χ4v) is 5.07. The number of rotatable bonds is 4. The summed E-state index contributed by atoms with van der Waals surface area (Å²) >= 11 is 0. The lowest BCUT2D eigenvalue weighted by atomic mass is 10.2. The summed E-state index contributed by atoms with van der Waals surface area (Å²) in [5.41, 5.74) is 3.81. The first-order valence-electron chi connectivity index (χ1n) is 12.5. The molecule has 2 aliphatic heterocycles. The molecule has 1 amide bonds. The Bertz CT molecular complexity index is 1740.